The van der Waals surface area contributed by atoms with Crippen molar-refractivity contribution in [3.05, 3.63) is 29.3 Å². The molecule has 1 aliphatic rings. The molecule has 1 aromatic carbocycles. The second-order valence-corrected chi connectivity index (χ2v) is 7.12. The van der Waals surface area contributed by atoms with E-state index in [1.807, 2.05) is 13.8 Å². The van der Waals surface area contributed by atoms with Crippen molar-refractivity contribution >= 4 is 21.6 Å². The predicted octanol–water partition coefficient (Wildman–Crippen LogP) is 1.71. The number of hydrogen-bond acceptors (Lipinski definition) is 3. The van der Waals surface area contributed by atoms with Crippen molar-refractivity contribution in [1.29, 1.82) is 0 Å². The molecule has 100 valence electrons. The van der Waals surface area contributed by atoms with E-state index in [-0.39, 0.29) is 17.0 Å². The highest BCUT2D eigenvalue weighted by Crippen LogP contribution is 2.21. The van der Waals surface area contributed by atoms with Crippen LogP contribution >= 0.6 is 11.6 Å². The number of piperazine rings is 1. The fourth-order valence-corrected chi connectivity index (χ4v) is 4.17. The number of halogens is 1. The van der Waals surface area contributed by atoms with E-state index < -0.39 is 10.0 Å². The minimum Gasteiger partial charge on any atom is -0.309 e. The standard InChI is InChI=1S/C12H17ClN2O2S/c1-9-7-15(8-10(2)14-9)18(16,17)12-5-3-4-11(13)6-12/h3-6,9-10,14H,7-8H2,1-2H3. The minimum absolute atomic E-state index is 0.155. The third-order valence-electron chi connectivity index (χ3n) is 2.96. The van der Waals surface area contributed by atoms with Crippen molar-refractivity contribution in [2.24, 2.45) is 0 Å². The van der Waals surface area contributed by atoms with Gasteiger partial charge in [0.05, 0.1) is 4.90 Å². The molecular weight excluding hydrogens is 272 g/mol. The van der Waals surface area contributed by atoms with Gasteiger partial charge in [0.1, 0.15) is 0 Å². The van der Waals surface area contributed by atoms with Crippen molar-refractivity contribution in [1.82, 2.24) is 9.62 Å². The zero-order valence-electron chi connectivity index (χ0n) is 10.4. The summed E-state index contributed by atoms with van der Waals surface area (Å²) in [6.07, 6.45) is 0. The molecule has 0 amide bonds. The third kappa shape index (κ3) is 2.85. The molecule has 0 saturated carbocycles. The summed E-state index contributed by atoms with van der Waals surface area (Å²) in [4.78, 5) is 0.260. The molecule has 18 heavy (non-hydrogen) atoms. The first-order valence-corrected chi connectivity index (χ1v) is 7.73. The van der Waals surface area contributed by atoms with Gasteiger partial charge in [-0.1, -0.05) is 17.7 Å². The van der Waals surface area contributed by atoms with Gasteiger partial charge in [0.15, 0.2) is 0 Å². The zero-order valence-corrected chi connectivity index (χ0v) is 12.0. The Kier molecular flexibility index (Phi) is 3.96. The van der Waals surface area contributed by atoms with Gasteiger partial charge in [-0.3, -0.25) is 0 Å². The van der Waals surface area contributed by atoms with Crippen LogP contribution in [0.15, 0.2) is 29.2 Å². The fraction of sp³-hybridized carbons (Fsp3) is 0.500. The average molecular weight is 289 g/mol. The fourth-order valence-electron chi connectivity index (χ4n) is 2.25. The summed E-state index contributed by atoms with van der Waals surface area (Å²) in [5.41, 5.74) is 0. The van der Waals surface area contributed by atoms with Crippen LogP contribution in [0.2, 0.25) is 5.02 Å². The van der Waals surface area contributed by atoms with Gasteiger partial charge in [0.2, 0.25) is 10.0 Å². The lowest BCUT2D eigenvalue weighted by Crippen LogP contribution is -2.55. The zero-order chi connectivity index (χ0) is 13.3. The molecule has 1 saturated heterocycles. The highest BCUT2D eigenvalue weighted by atomic mass is 35.5. The number of rotatable bonds is 2. The van der Waals surface area contributed by atoms with Gasteiger partial charge in [-0.15, -0.1) is 0 Å². The van der Waals surface area contributed by atoms with Crippen molar-refractivity contribution in [3.8, 4) is 0 Å². The highest BCUT2D eigenvalue weighted by Gasteiger charge is 2.31. The maximum absolute atomic E-state index is 12.5. The van der Waals surface area contributed by atoms with E-state index in [0.29, 0.717) is 18.1 Å². The summed E-state index contributed by atoms with van der Waals surface area (Å²) in [5.74, 6) is 0. The van der Waals surface area contributed by atoms with E-state index in [4.69, 9.17) is 11.6 Å². The number of sulfonamides is 1. The van der Waals surface area contributed by atoms with Crippen LogP contribution in [-0.2, 0) is 10.0 Å². The van der Waals surface area contributed by atoms with Crippen LogP contribution < -0.4 is 5.32 Å². The molecule has 4 nitrogen and oxygen atoms in total. The van der Waals surface area contributed by atoms with Crippen LogP contribution in [0.25, 0.3) is 0 Å². The Morgan fingerprint density at radius 2 is 1.89 bits per heavy atom. The molecule has 6 heteroatoms. The Bertz CT molecular complexity index is 523. The number of nitrogens with one attached hydrogen (secondary N) is 1. The second-order valence-electron chi connectivity index (χ2n) is 4.75. The largest absolute Gasteiger partial charge is 0.309 e. The highest BCUT2D eigenvalue weighted by molar-refractivity contribution is 7.89. The summed E-state index contributed by atoms with van der Waals surface area (Å²) in [5, 5.41) is 3.75. The molecular formula is C12H17ClN2O2S. The van der Waals surface area contributed by atoms with E-state index >= 15 is 0 Å². The topological polar surface area (TPSA) is 49.4 Å². The predicted molar refractivity (Wildman–Crippen MR) is 72.3 cm³/mol. The molecule has 1 fully saturated rings. The molecule has 0 spiro atoms. The Labute approximate surface area is 113 Å². The van der Waals surface area contributed by atoms with Gasteiger partial charge < -0.3 is 5.32 Å². The van der Waals surface area contributed by atoms with Gasteiger partial charge in [-0.2, -0.15) is 4.31 Å². The second kappa shape index (κ2) is 5.17. The van der Waals surface area contributed by atoms with Gasteiger partial charge >= 0.3 is 0 Å². The van der Waals surface area contributed by atoms with Crippen LogP contribution in [0.1, 0.15) is 13.8 Å². The lowest BCUT2D eigenvalue weighted by atomic mass is 10.2. The summed E-state index contributed by atoms with van der Waals surface area (Å²) in [6, 6.07) is 6.71. The summed E-state index contributed by atoms with van der Waals surface area (Å²) < 4.78 is 26.5. The van der Waals surface area contributed by atoms with Crippen LogP contribution in [0.3, 0.4) is 0 Å². The molecule has 1 aliphatic heterocycles. The molecule has 0 aliphatic carbocycles. The number of benzene rings is 1. The normalized spacial score (nSPS) is 26.2. The van der Waals surface area contributed by atoms with Crippen LogP contribution in [0, 0.1) is 0 Å². The van der Waals surface area contributed by atoms with E-state index in [1.54, 1.807) is 18.2 Å². The number of nitrogens with zero attached hydrogens (tertiary/aromatic N) is 1. The monoisotopic (exact) mass is 288 g/mol. The van der Waals surface area contributed by atoms with Crippen molar-refractivity contribution in [2.75, 3.05) is 13.1 Å². The van der Waals surface area contributed by atoms with Crippen molar-refractivity contribution < 1.29 is 8.42 Å². The van der Waals surface area contributed by atoms with E-state index in [1.165, 1.54) is 10.4 Å². The maximum Gasteiger partial charge on any atom is 0.243 e. The van der Waals surface area contributed by atoms with Gasteiger partial charge in [0, 0.05) is 30.2 Å². The molecule has 2 rings (SSSR count). The van der Waals surface area contributed by atoms with Crippen molar-refractivity contribution in [3.63, 3.8) is 0 Å². The average Bonchev–Trinajstić information content (AvgIpc) is 2.27. The number of hydrogen-bond donors (Lipinski definition) is 1. The first-order chi connectivity index (χ1) is 8.39. The van der Waals surface area contributed by atoms with Crippen molar-refractivity contribution in [2.45, 2.75) is 30.8 Å². The van der Waals surface area contributed by atoms with Gasteiger partial charge in [-0.05, 0) is 32.0 Å². The molecule has 1 aromatic rings. The lowest BCUT2D eigenvalue weighted by molar-refractivity contribution is 0.263. The Morgan fingerprint density at radius 1 is 1.28 bits per heavy atom. The van der Waals surface area contributed by atoms with Crippen LogP contribution in [0.4, 0.5) is 0 Å². The summed E-state index contributed by atoms with van der Waals surface area (Å²) in [7, 11) is -3.44. The summed E-state index contributed by atoms with van der Waals surface area (Å²) >= 11 is 5.85. The van der Waals surface area contributed by atoms with Crippen LogP contribution in [0.5, 0.6) is 0 Å². The first kappa shape index (κ1) is 13.8. The van der Waals surface area contributed by atoms with Gasteiger partial charge in [0.25, 0.3) is 0 Å². The molecule has 1 heterocycles. The Balaban J connectivity index is 2.31. The minimum atomic E-state index is -3.44. The molecule has 0 bridgehead atoms. The summed E-state index contributed by atoms with van der Waals surface area (Å²) in [6.45, 7) is 4.94. The quantitative estimate of drug-likeness (QED) is 0.901. The van der Waals surface area contributed by atoms with E-state index in [2.05, 4.69) is 5.32 Å². The molecule has 2 atom stereocenters. The molecule has 0 radical (unpaired) electrons. The Morgan fingerprint density at radius 3 is 2.44 bits per heavy atom. The molecule has 2 unspecified atom stereocenters. The lowest BCUT2D eigenvalue weighted by Gasteiger charge is -2.35. The molecule has 1 N–H and O–H groups in total. The van der Waals surface area contributed by atoms with E-state index in [9.17, 15) is 8.42 Å². The first-order valence-electron chi connectivity index (χ1n) is 5.91. The molecule has 0 aromatic heterocycles. The van der Waals surface area contributed by atoms with Gasteiger partial charge in [-0.25, -0.2) is 8.42 Å². The van der Waals surface area contributed by atoms with Crippen LogP contribution in [-0.4, -0.2) is 37.9 Å². The van der Waals surface area contributed by atoms with E-state index in [0.717, 1.165) is 0 Å². The Hall–Kier alpha value is -0.620. The smallest absolute Gasteiger partial charge is 0.243 e. The maximum atomic E-state index is 12.5. The SMILES string of the molecule is CC1CN(S(=O)(=O)c2cccc(Cl)c2)CC(C)N1. The third-order valence-corrected chi connectivity index (χ3v) is 5.02.